The highest BCUT2D eigenvalue weighted by Gasteiger charge is 2.46. The first-order valence-electron chi connectivity index (χ1n) is 4.02. The summed E-state index contributed by atoms with van der Waals surface area (Å²) in [7, 11) is 1.57. The molecule has 66 valence electrons. The van der Waals surface area contributed by atoms with Crippen LogP contribution in [0.2, 0.25) is 0 Å². The number of aromatic nitrogens is 1. The number of nitrogens with two attached hydrogens (primary N) is 1. The molecule has 0 aromatic carbocycles. The average Bonchev–Trinajstić information content (AvgIpc) is 2.77. The van der Waals surface area contributed by atoms with Crippen molar-refractivity contribution in [3.63, 3.8) is 0 Å². The summed E-state index contributed by atoms with van der Waals surface area (Å²) in [5, 5.41) is 3.74. The number of nitrogens with zero attached hydrogens (tertiary/aromatic N) is 1. The van der Waals surface area contributed by atoms with Gasteiger partial charge in [0.2, 0.25) is 0 Å². The zero-order valence-corrected chi connectivity index (χ0v) is 7.04. The normalized spacial score (nSPS) is 19.2. The minimum absolute atomic E-state index is 0.0732. The van der Waals surface area contributed by atoms with Gasteiger partial charge in [-0.15, -0.1) is 0 Å². The Labute approximate surface area is 70.7 Å². The number of ether oxygens (including phenoxy) is 1. The first-order chi connectivity index (χ1) is 5.80. The smallest absolute Gasteiger partial charge is 0.254 e. The van der Waals surface area contributed by atoms with E-state index in [9.17, 15) is 0 Å². The maximum atomic E-state index is 5.62. The standard InChI is InChI=1S/C8H12N2O2/c1-11-7-4-6(12-10-7)8(5-9)2-3-8/h4H,2-3,5,9H2,1H3. The van der Waals surface area contributed by atoms with E-state index in [-0.39, 0.29) is 5.41 Å². The van der Waals surface area contributed by atoms with Gasteiger partial charge in [-0.3, -0.25) is 0 Å². The first-order valence-corrected chi connectivity index (χ1v) is 4.02. The van der Waals surface area contributed by atoms with Crippen molar-refractivity contribution >= 4 is 0 Å². The highest BCUT2D eigenvalue weighted by molar-refractivity contribution is 5.26. The molecule has 1 saturated carbocycles. The highest BCUT2D eigenvalue weighted by atomic mass is 16.5. The fraction of sp³-hybridized carbons (Fsp3) is 0.625. The van der Waals surface area contributed by atoms with Gasteiger partial charge in [0.1, 0.15) is 5.76 Å². The molecular formula is C8H12N2O2. The van der Waals surface area contributed by atoms with Crippen molar-refractivity contribution in [3.05, 3.63) is 11.8 Å². The molecule has 0 unspecified atom stereocenters. The summed E-state index contributed by atoms with van der Waals surface area (Å²) in [5.74, 6) is 1.39. The van der Waals surface area contributed by atoms with E-state index in [2.05, 4.69) is 5.16 Å². The fourth-order valence-electron chi connectivity index (χ4n) is 1.31. The van der Waals surface area contributed by atoms with E-state index in [1.165, 1.54) is 0 Å². The van der Waals surface area contributed by atoms with E-state index >= 15 is 0 Å². The molecule has 2 N–H and O–H groups in total. The topological polar surface area (TPSA) is 61.3 Å². The largest absolute Gasteiger partial charge is 0.479 e. The Morgan fingerprint density at radius 1 is 1.75 bits per heavy atom. The maximum Gasteiger partial charge on any atom is 0.254 e. The molecule has 0 atom stereocenters. The summed E-state index contributed by atoms with van der Waals surface area (Å²) >= 11 is 0. The van der Waals surface area contributed by atoms with Crippen LogP contribution in [0.4, 0.5) is 0 Å². The van der Waals surface area contributed by atoms with Crippen molar-refractivity contribution in [2.45, 2.75) is 18.3 Å². The summed E-state index contributed by atoms with van der Waals surface area (Å²) in [5.41, 5.74) is 5.70. The van der Waals surface area contributed by atoms with Crippen molar-refractivity contribution in [2.75, 3.05) is 13.7 Å². The highest BCUT2D eigenvalue weighted by Crippen LogP contribution is 2.47. The van der Waals surface area contributed by atoms with E-state index < -0.39 is 0 Å². The Kier molecular flexibility index (Phi) is 1.58. The predicted molar refractivity (Wildman–Crippen MR) is 43.0 cm³/mol. The summed E-state index contributed by atoms with van der Waals surface area (Å²) in [6.07, 6.45) is 2.20. The molecular weight excluding hydrogens is 156 g/mol. The molecule has 4 heteroatoms. The van der Waals surface area contributed by atoms with Gasteiger partial charge in [0, 0.05) is 18.0 Å². The lowest BCUT2D eigenvalue weighted by Gasteiger charge is -2.04. The monoisotopic (exact) mass is 168 g/mol. The first kappa shape index (κ1) is 7.61. The van der Waals surface area contributed by atoms with Crippen LogP contribution in [0.1, 0.15) is 18.6 Å². The molecule has 1 fully saturated rings. The number of rotatable bonds is 3. The van der Waals surface area contributed by atoms with Gasteiger partial charge in [0.15, 0.2) is 0 Å². The Morgan fingerprint density at radius 2 is 2.50 bits per heavy atom. The van der Waals surface area contributed by atoms with Gasteiger partial charge in [-0.05, 0) is 18.0 Å². The lowest BCUT2D eigenvalue weighted by molar-refractivity contribution is 0.314. The van der Waals surface area contributed by atoms with Crippen LogP contribution in [0.15, 0.2) is 10.6 Å². The molecule has 0 aliphatic heterocycles. The molecule has 1 aliphatic carbocycles. The van der Waals surface area contributed by atoms with Gasteiger partial charge < -0.3 is 15.0 Å². The second-order valence-corrected chi connectivity index (χ2v) is 3.22. The number of hydrogen-bond acceptors (Lipinski definition) is 4. The predicted octanol–water partition coefficient (Wildman–Crippen LogP) is 0.674. The van der Waals surface area contributed by atoms with Gasteiger partial charge >= 0.3 is 0 Å². The fourth-order valence-corrected chi connectivity index (χ4v) is 1.31. The third-order valence-corrected chi connectivity index (χ3v) is 2.46. The molecule has 0 spiro atoms. The third kappa shape index (κ3) is 0.992. The summed E-state index contributed by atoms with van der Waals surface area (Å²) < 4.78 is 10.0. The van der Waals surface area contributed by atoms with Crippen LogP contribution in [0, 0.1) is 0 Å². The number of methoxy groups -OCH3 is 1. The van der Waals surface area contributed by atoms with Gasteiger partial charge in [0.05, 0.1) is 7.11 Å². The molecule has 1 aromatic heterocycles. The van der Waals surface area contributed by atoms with Crippen molar-refractivity contribution in [1.82, 2.24) is 5.16 Å². The summed E-state index contributed by atoms with van der Waals surface area (Å²) in [4.78, 5) is 0. The molecule has 0 radical (unpaired) electrons. The molecule has 0 amide bonds. The zero-order valence-electron chi connectivity index (χ0n) is 7.04. The maximum absolute atomic E-state index is 5.62. The van der Waals surface area contributed by atoms with Crippen LogP contribution in [0.25, 0.3) is 0 Å². The lowest BCUT2D eigenvalue weighted by Crippen LogP contribution is -2.18. The molecule has 1 heterocycles. The quantitative estimate of drug-likeness (QED) is 0.720. The molecule has 1 aliphatic rings. The molecule has 4 nitrogen and oxygen atoms in total. The van der Waals surface area contributed by atoms with E-state index in [4.69, 9.17) is 15.0 Å². The second kappa shape index (κ2) is 2.48. The minimum Gasteiger partial charge on any atom is -0.479 e. The molecule has 2 rings (SSSR count). The summed E-state index contributed by atoms with van der Waals surface area (Å²) in [6, 6.07) is 1.82. The molecule has 12 heavy (non-hydrogen) atoms. The van der Waals surface area contributed by atoms with Gasteiger partial charge in [-0.1, -0.05) is 0 Å². The Morgan fingerprint density at radius 3 is 2.92 bits per heavy atom. The summed E-state index contributed by atoms with van der Waals surface area (Å²) in [6.45, 7) is 0.630. The Bertz CT molecular complexity index is 278. The third-order valence-electron chi connectivity index (χ3n) is 2.46. The minimum atomic E-state index is 0.0732. The van der Waals surface area contributed by atoms with E-state index in [0.29, 0.717) is 12.4 Å². The molecule has 0 bridgehead atoms. The van der Waals surface area contributed by atoms with Crippen LogP contribution < -0.4 is 10.5 Å². The van der Waals surface area contributed by atoms with Crippen molar-refractivity contribution in [2.24, 2.45) is 5.73 Å². The Balaban J connectivity index is 2.23. The van der Waals surface area contributed by atoms with E-state index in [1.807, 2.05) is 6.07 Å². The SMILES string of the molecule is COc1cc(C2(CN)CC2)on1. The van der Waals surface area contributed by atoms with Crippen LogP contribution in [-0.4, -0.2) is 18.8 Å². The molecule has 1 aromatic rings. The van der Waals surface area contributed by atoms with Crippen LogP contribution in [-0.2, 0) is 5.41 Å². The number of hydrogen-bond donors (Lipinski definition) is 1. The lowest BCUT2D eigenvalue weighted by atomic mass is 10.1. The van der Waals surface area contributed by atoms with Gasteiger partial charge in [0.25, 0.3) is 5.88 Å². The molecule has 0 saturated heterocycles. The van der Waals surface area contributed by atoms with Crippen molar-refractivity contribution < 1.29 is 9.26 Å². The van der Waals surface area contributed by atoms with Crippen molar-refractivity contribution in [3.8, 4) is 5.88 Å². The van der Waals surface area contributed by atoms with Gasteiger partial charge in [-0.25, -0.2) is 0 Å². The van der Waals surface area contributed by atoms with Crippen LogP contribution >= 0.6 is 0 Å². The van der Waals surface area contributed by atoms with Crippen LogP contribution in [0.3, 0.4) is 0 Å². The van der Waals surface area contributed by atoms with Gasteiger partial charge in [-0.2, -0.15) is 0 Å². The van der Waals surface area contributed by atoms with Crippen LogP contribution in [0.5, 0.6) is 5.88 Å². The zero-order chi connectivity index (χ0) is 8.60. The van der Waals surface area contributed by atoms with Crippen molar-refractivity contribution in [1.29, 1.82) is 0 Å². The second-order valence-electron chi connectivity index (χ2n) is 3.22. The van der Waals surface area contributed by atoms with E-state index in [1.54, 1.807) is 7.11 Å². The average molecular weight is 168 g/mol. The Hall–Kier alpha value is -1.03. The van der Waals surface area contributed by atoms with E-state index in [0.717, 1.165) is 18.6 Å².